The van der Waals surface area contributed by atoms with E-state index in [0.717, 1.165) is 0 Å². The molecule has 9 unspecified atom stereocenters. The summed E-state index contributed by atoms with van der Waals surface area (Å²) < 4.78 is 33.7. The van der Waals surface area contributed by atoms with E-state index < -0.39 is 45.5 Å². The third kappa shape index (κ3) is 3.17. The molecule has 2 N–H and O–H groups in total. The van der Waals surface area contributed by atoms with Gasteiger partial charge < -0.3 is 10.4 Å². The number of aliphatic hydroxyl groups excluding tert-OH is 1. The minimum atomic E-state index is -2.16. The van der Waals surface area contributed by atoms with Gasteiger partial charge in [-0.05, 0) is 73.1 Å². The van der Waals surface area contributed by atoms with Gasteiger partial charge in [-0.15, -0.1) is 0 Å². The van der Waals surface area contributed by atoms with Crippen molar-refractivity contribution in [1.82, 2.24) is 10.2 Å². The minimum Gasteiger partial charge on any atom is -0.390 e. The predicted molar refractivity (Wildman–Crippen MR) is 145 cm³/mol. The molecule has 210 valence electrons. The summed E-state index contributed by atoms with van der Waals surface area (Å²) in [5.74, 6) is -1.26. The number of amides is 1. The van der Waals surface area contributed by atoms with Gasteiger partial charge in [-0.1, -0.05) is 50.3 Å². The predicted octanol–water partition coefficient (Wildman–Crippen LogP) is 4.56. The monoisotopic (exact) mass is 538 g/mol. The van der Waals surface area contributed by atoms with Gasteiger partial charge >= 0.3 is 0 Å². The van der Waals surface area contributed by atoms with Crippen LogP contribution in [0.2, 0.25) is 0 Å². The van der Waals surface area contributed by atoms with Crippen molar-refractivity contribution in [3.8, 4) is 0 Å². The molecule has 5 nitrogen and oxygen atoms in total. The molecular weight excluding hydrogens is 498 g/mol. The number of alkyl halides is 2. The van der Waals surface area contributed by atoms with Gasteiger partial charge in [-0.3, -0.25) is 14.5 Å². The summed E-state index contributed by atoms with van der Waals surface area (Å²) in [6.45, 7) is 10.0. The van der Waals surface area contributed by atoms with Crippen LogP contribution in [-0.2, 0) is 16.1 Å². The molecule has 5 aliphatic rings. The number of hydrogen-bond donors (Lipinski definition) is 2. The first-order valence-electron chi connectivity index (χ1n) is 14.4. The zero-order chi connectivity index (χ0) is 28.0. The second kappa shape index (κ2) is 8.56. The van der Waals surface area contributed by atoms with Crippen LogP contribution in [0, 0.1) is 33.5 Å². The fourth-order valence-electron chi connectivity index (χ4n) is 10.0. The number of aliphatic hydroxyl groups is 1. The van der Waals surface area contributed by atoms with E-state index in [0.29, 0.717) is 32.6 Å². The fraction of sp³-hybridized carbons (Fsp3) is 0.625. The van der Waals surface area contributed by atoms with Crippen LogP contribution in [0.4, 0.5) is 8.78 Å². The van der Waals surface area contributed by atoms with Crippen LogP contribution >= 0.6 is 0 Å². The lowest BCUT2D eigenvalue weighted by Crippen LogP contribution is -2.72. The van der Waals surface area contributed by atoms with Crippen LogP contribution in [0.25, 0.3) is 0 Å². The summed E-state index contributed by atoms with van der Waals surface area (Å²) in [5.41, 5.74) is -4.62. The lowest BCUT2D eigenvalue weighted by molar-refractivity contribution is -0.242. The summed E-state index contributed by atoms with van der Waals surface area (Å²) in [6, 6.07) is 10.2. The van der Waals surface area contributed by atoms with Gasteiger partial charge in [0.1, 0.15) is 6.17 Å². The molecule has 4 fully saturated rings. The Bertz CT molecular complexity index is 1270. The maximum absolute atomic E-state index is 17.8. The normalized spacial score (nSPS) is 46.6. The molecule has 1 heterocycles. The number of fused-ring (bicyclic) bond motifs is 7. The Hall–Kier alpha value is -2.38. The molecule has 1 amide bonds. The highest BCUT2D eigenvalue weighted by molar-refractivity contribution is 6.01. The van der Waals surface area contributed by atoms with Crippen molar-refractivity contribution in [2.24, 2.45) is 33.5 Å². The van der Waals surface area contributed by atoms with Gasteiger partial charge in [0, 0.05) is 37.5 Å². The number of carbonyl (C=O) groups excluding carboxylic acids is 2. The summed E-state index contributed by atoms with van der Waals surface area (Å²) in [4.78, 5) is 28.6. The van der Waals surface area contributed by atoms with E-state index in [1.54, 1.807) is 6.92 Å². The highest BCUT2D eigenvalue weighted by Gasteiger charge is 2.82. The Morgan fingerprint density at radius 3 is 2.59 bits per heavy atom. The molecule has 1 aliphatic heterocycles. The minimum absolute atomic E-state index is 0.0436. The van der Waals surface area contributed by atoms with Gasteiger partial charge in [0.25, 0.3) is 0 Å². The third-order valence-corrected chi connectivity index (χ3v) is 12.0. The number of halogens is 2. The average Bonchev–Trinajstić information content (AvgIpc) is 3.33. The number of hydrogen-bond acceptors (Lipinski definition) is 4. The van der Waals surface area contributed by atoms with Gasteiger partial charge in [0.05, 0.1) is 11.5 Å². The Balaban J connectivity index is 1.45. The van der Waals surface area contributed by atoms with Crippen LogP contribution in [0.5, 0.6) is 0 Å². The molecule has 1 aromatic carbocycles. The zero-order valence-corrected chi connectivity index (χ0v) is 23.3. The molecule has 0 aromatic heterocycles. The van der Waals surface area contributed by atoms with Crippen molar-refractivity contribution in [2.45, 2.75) is 71.4 Å². The van der Waals surface area contributed by atoms with Crippen LogP contribution < -0.4 is 5.32 Å². The number of benzene rings is 1. The third-order valence-electron chi connectivity index (χ3n) is 12.0. The number of allylic oxidation sites excluding steroid dienone is 4. The van der Waals surface area contributed by atoms with Gasteiger partial charge in [-0.2, -0.15) is 0 Å². The fourth-order valence-corrected chi connectivity index (χ4v) is 10.0. The van der Waals surface area contributed by atoms with Gasteiger partial charge in [0.15, 0.2) is 11.5 Å². The number of rotatable bonds is 4. The second-order valence-corrected chi connectivity index (χ2v) is 13.4. The standard InChI is InChI=1S/C32H40F2N2O3/c1-5-35-27(39)31-19-36(17-20-9-7-6-8-10-20)18-21(31)15-29(3)25-14-24(33)23-13-22(37)11-12-28(23,2)32(25,34)26(38)16-30(29,31)4/h6-13,21,24-26,38H,5,14-19H2,1-4H3,(H,35,39). The van der Waals surface area contributed by atoms with E-state index in [-0.39, 0.29) is 36.0 Å². The lowest BCUT2D eigenvalue weighted by atomic mass is 9.38. The lowest BCUT2D eigenvalue weighted by Gasteiger charge is -2.67. The summed E-state index contributed by atoms with van der Waals surface area (Å²) >= 11 is 0. The molecule has 0 bridgehead atoms. The number of carbonyl (C=O) groups is 2. The first kappa shape index (κ1) is 26.8. The quantitative estimate of drug-likeness (QED) is 0.590. The molecule has 3 saturated carbocycles. The van der Waals surface area contributed by atoms with Crippen molar-refractivity contribution < 1.29 is 23.5 Å². The average molecular weight is 539 g/mol. The number of ketones is 1. The van der Waals surface area contributed by atoms with Crippen LogP contribution in [0.1, 0.15) is 52.5 Å². The summed E-state index contributed by atoms with van der Waals surface area (Å²) in [7, 11) is 0. The molecule has 6 rings (SSSR count). The highest BCUT2D eigenvalue weighted by atomic mass is 19.1. The van der Waals surface area contributed by atoms with E-state index in [9.17, 15) is 14.7 Å². The summed E-state index contributed by atoms with van der Waals surface area (Å²) in [6.07, 6.45) is 1.71. The zero-order valence-electron chi connectivity index (χ0n) is 23.3. The Morgan fingerprint density at radius 2 is 1.90 bits per heavy atom. The SMILES string of the molecule is CCNC(=O)C12CN(Cc3ccccc3)CC1CC1(C)C3CC(F)C4=CC(=O)C=CC4(C)C3(F)C(O)CC12C. The first-order valence-corrected chi connectivity index (χ1v) is 14.4. The van der Waals surface area contributed by atoms with Gasteiger partial charge in [-0.25, -0.2) is 8.78 Å². The van der Waals surface area contributed by atoms with Crippen molar-refractivity contribution in [3.63, 3.8) is 0 Å². The van der Waals surface area contributed by atoms with E-state index in [2.05, 4.69) is 29.3 Å². The Kier molecular flexibility index (Phi) is 5.89. The van der Waals surface area contributed by atoms with E-state index in [1.165, 1.54) is 23.8 Å². The highest BCUT2D eigenvalue weighted by Crippen LogP contribution is 2.79. The van der Waals surface area contributed by atoms with Crippen molar-refractivity contribution in [3.05, 3.63) is 59.7 Å². The molecular formula is C32H40F2N2O3. The first-order chi connectivity index (χ1) is 18.4. The molecule has 1 aromatic rings. The second-order valence-electron chi connectivity index (χ2n) is 13.4. The van der Waals surface area contributed by atoms with Crippen molar-refractivity contribution in [1.29, 1.82) is 0 Å². The number of nitrogens with one attached hydrogen (secondary N) is 1. The Morgan fingerprint density at radius 1 is 1.18 bits per heavy atom. The van der Waals surface area contributed by atoms with Crippen LogP contribution in [0.3, 0.4) is 0 Å². The van der Waals surface area contributed by atoms with E-state index >= 15 is 8.78 Å². The van der Waals surface area contributed by atoms with Crippen LogP contribution in [0.15, 0.2) is 54.1 Å². The molecule has 1 saturated heterocycles. The van der Waals surface area contributed by atoms with E-state index in [4.69, 9.17) is 0 Å². The largest absolute Gasteiger partial charge is 0.390 e. The topological polar surface area (TPSA) is 69.6 Å². The van der Waals surface area contributed by atoms with Crippen molar-refractivity contribution in [2.75, 3.05) is 19.6 Å². The van der Waals surface area contributed by atoms with Crippen LogP contribution in [-0.4, -0.2) is 59.3 Å². The van der Waals surface area contributed by atoms with Gasteiger partial charge in [0.2, 0.25) is 5.91 Å². The smallest absolute Gasteiger partial charge is 0.228 e. The number of nitrogens with zero attached hydrogens (tertiary/aromatic N) is 1. The molecule has 0 spiro atoms. The maximum Gasteiger partial charge on any atom is 0.228 e. The number of likely N-dealkylation sites (tertiary alicyclic amines) is 1. The summed E-state index contributed by atoms with van der Waals surface area (Å²) in [5, 5.41) is 14.9. The molecule has 0 radical (unpaired) electrons. The maximum atomic E-state index is 17.8. The Labute approximate surface area is 229 Å². The molecule has 39 heavy (non-hydrogen) atoms. The molecule has 9 atom stereocenters. The molecule has 4 aliphatic carbocycles. The van der Waals surface area contributed by atoms with E-state index in [1.807, 2.05) is 32.0 Å². The molecule has 7 heteroatoms. The van der Waals surface area contributed by atoms with Crippen molar-refractivity contribution >= 4 is 11.7 Å².